The largest absolute Gasteiger partial charge is 0.359 e. The van der Waals surface area contributed by atoms with E-state index in [9.17, 15) is 4.79 Å². The highest BCUT2D eigenvalue weighted by molar-refractivity contribution is 7.98. The second-order valence-corrected chi connectivity index (χ2v) is 3.31. The predicted octanol–water partition coefficient (Wildman–Crippen LogP) is 0.689. The fourth-order valence-corrected chi connectivity index (χ4v) is 1.22. The van der Waals surface area contributed by atoms with Crippen LogP contribution in [0.3, 0.4) is 0 Å². The van der Waals surface area contributed by atoms with E-state index in [0.717, 1.165) is 0 Å². The number of thioether (sulfide) groups is 1. The molecule has 0 fully saturated rings. The van der Waals surface area contributed by atoms with Gasteiger partial charge < -0.3 is 5.73 Å². The molecule has 6 heteroatoms. The van der Waals surface area contributed by atoms with E-state index in [1.54, 1.807) is 0 Å². The zero-order valence-electron chi connectivity index (χ0n) is 7.24. The molecule has 1 heterocycles. The van der Waals surface area contributed by atoms with Crippen LogP contribution in [0.4, 0.5) is 0 Å². The van der Waals surface area contributed by atoms with Crippen LogP contribution in [0.5, 0.6) is 0 Å². The molecule has 1 rings (SSSR count). The van der Waals surface area contributed by atoms with Crippen molar-refractivity contribution < 1.29 is 4.79 Å². The molecule has 0 aliphatic rings. The third-order valence-corrected chi connectivity index (χ3v) is 2.07. The van der Waals surface area contributed by atoms with Gasteiger partial charge in [-0.05, 0) is 6.26 Å². The lowest BCUT2D eigenvalue weighted by molar-refractivity contribution is -0.112. The van der Waals surface area contributed by atoms with Crippen LogP contribution in [0.2, 0.25) is 5.15 Å². The molecule has 0 bridgehead atoms. The maximum absolute atomic E-state index is 10.4. The molecule has 0 saturated carbocycles. The topological polar surface area (TPSA) is 68.9 Å². The Morgan fingerprint density at radius 2 is 2.43 bits per heavy atom. The third-order valence-electron chi connectivity index (χ3n) is 1.22. The van der Waals surface area contributed by atoms with Gasteiger partial charge in [-0.2, -0.15) is 0 Å². The van der Waals surface area contributed by atoms with E-state index >= 15 is 0 Å². The monoisotopic (exact) mass is 227 g/mol. The Labute approximate surface area is 90.3 Å². The predicted molar refractivity (Wildman–Crippen MR) is 54.9 cm³/mol. The lowest BCUT2D eigenvalue weighted by Crippen LogP contribution is -2.06. The van der Waals surface area contributed by atoms with Crippen LogP contribution in [0.25, 0.3) is 0 Å². The van der Waals surface area contributed by atoms with Gasteiger partial charge in [-0.25, -0.2) is 9.97 Å². The van der Waals surface area contributed by atoms with Gasteiger partial charge in [0.2, 0.25) is 0 Å². The Hall–Kier alpha value is -1.25. The van der Waals surface area contributed by atoms with Crippen molar-refractivity contribution in [1.82, 2.24) is 9.97 Å². The van der Waals surface area contributed by atoms with Crippen LogP contribution in [-0.2, 0) is 4.79 Å². The van der Waals surface area contributed by atoms with E-state index in [4.69, 9.17) is 17.3 Å². The summed E-state index contributed by atoms with van der Waals surface area (Å²) < 4.78 is 0. The van der Waals surface area contributed by atoms with Gasteiger partial charge in [0.05, 0.1) is 5.56 Å². The highest BCUT2D eigenvalue weighted by atomic mass is 35.5. The summed E-state index contributed by atoms with van der Waals surface area (Å²) >= 11 is 7.14. The summed E-state index contributed by atoms with van der Waals surface area (Å²) in [4.78, 5) is 18.2. The van der Waals surface area contributed by atoms with Crippen LogP contribution >= 0.6 is 23.4 Å². The van der Waals surface area contributed by atoms with E-state index in [0.29, 0.717) is 10.7 Å². The van der Waals surface area contributed by atoms with Crippen molar-refractivity contribution in [2.24, 2.45) is 5.73 Å². The summed E-state index contributed by atoms with van der Waals surface area (Å²) in [6.45, 7) is 0. The number of carbonyl (C=O) groups excluding carboxylic acids is 1. The molecular formula is C8H6ClN3OS. The number of hydrogen-bond donors (Lipinski definition) is 1. The quantitative estimate of drug-likeness (QED) is 0.332. The molecule has 0 aromatic carbocycles. The van der Waals surface area contributed by atoms with Crippen LogP contribution in [0.1, 0.15) is 5.56 Å². The van der Waals surface area contributed by atoms with Crippen LogP contribution in [0.15, 0.2) is 11.4 Å². The first-order valence-electron chi connectivity index (χ1n) is 3.51. The summed E-state index contributed by atoms with van der Waals surface area (Å²) in [5, 5.41) is 0.776. The highest BCUT2D eigenvalue weighted by Crippen LogP contribution is 2.15. The molecule has 0 spiro atoms. The van der Waals surface area contributed by atoms with Crippen molar-refractivity contribution in [2.75, 3.05) is 6.26 Å². The third kappa shape index (κ3) is 2.91. The number of halogens is 1. The number of amides is 1. The second kappa shape index (κ2) is 4.84. The van der Waals surface area contributed by atoms with Gasteiger partial charge in [-0.3, -0.25) is 4.79 Å². The number of nitrogens with zero attached hydrogens (tertiary/aromatic N) is 2. The molecular weight excluding hydrogens is 222 g/mol. The minimum absolute atomic E-state index is 0.220. The maximum atomic E-state index is 10.4. The van der Waals surface area contributed by atoms with Crippen LogP contribution in [0, 0.1) is 11.8 Å². The van der Waals surface area contributed by atoms with Crippen molar-refractivity contribution in [3.8, 4) is 11.8 Å². The van der Waals surface area contributed by atoms with Gasteiger partial charge in [0.1, 0.15) is 5.15 Å². The average molecular weight is 228 g/mol. The average Bonchev–Trinajstić information content (AvgIpc) is 2.15. The SMILES string of the molecule is CSc1ncc(C#CC(N)=O)c(Cl)n1. The number of nitrogens with two attached hydrogens (primary N) is 1. The van der Waals surface area contributed by atoms with Crippen LogP contribution in [-0.4, -0.2) is 22.1 Å². The standard InChI is InChI=1S/C8H6ClN3OS/c1-14-8-11-4-5(7(9)12-8)2-3-6(10)13/h4H,1H3,(H2,10,13). The van der Waals surface area contributed by atoms with E-state index in [-0.39, 0.29) is 5.15 Å². The van der Waals surface area contributed by atoms with Gasteiger partial charge >= 0.3 is 0 Å². The Morgan fingerprint density at radius 1 is 1.71 bits per heavy atom. The highest BCUT2D eigenvalue weighted by Gasteiger charge is 2.01. The van der Waals surface area contributed by atoms with Gasteiger partial charge in [0.25, 0.3) is 5.91 Å². The van der Waals surface area contributed by atoms with Gasteiger partial charge in [-0.15, -0.1) is 0 Å². The summed E-state index contributed by atoms with van der Waals surface area (Å²) in [6.07, 6.45) is 3.29. The summed E-state index contributed by atoms with van der Waals surface area (Å²) in [7, 11) is 0. The Kier molecular flexibility index (Phi) is 3.74. The molecule has 1 amide bonds. The van der Waals surface area contributed by atoms with Gasteiger partial charge in [0.15, 0.2) is 5.16 Å². The molecule has 2 N–H and O–H groups in total. The zero-order valence-corrected chi connectivity index (χ0v) is 8.82. The number of primary amides is 1. The fraction of sp³-hybridized carbons (Fsp3) is 0.125. The molecule has 72 valence electrons. The van der Waals surface area contributed by atoms with E-state index in [1.165, 1.54) is 18.0 Å². The van der Waals surface area contributed by atoms with Crippen molar-refractivity contribution in [3.63, 3.8) is 0 Å². The molecule has 0 unspecified atom stereocenters. The summed E-state index contributed by atoms with van der Waals surface area (Å²) in [5.41, 5.74) is 5.24. The molecule has 1 aromatic rings. The minimum Gasteiger partial charge on any atom is -0.359 e. The fourth-order valence-electron chi connectivity index (χ4n) is 0.657. The Bertz CT molecular complexity index is 424. The lowest BCUT2D eigenvalue weighted by Gasteiger charge is -1.96. The summed E-state index contributed by atoms with van der Waals surface area (Å²) in [6, 6.07) is 0. The molecule has 0 saturated heterocycles. The van der Waals surface area contributed by atoms with Crippen LogP contribution < -0.4 is 5.73 Å². The lowest BCUT2D eigenvalue weighted by atomic mass is 10.3. The van der Waals surface area contributed by atoms with E-state index in [1.807, 2.05) is 6.26 Å². The van der Waals surface area contributed by atoms with Crippen molar-refractivity contribution in [2.45, 2.75) is 5.16 Å². The normalized spacial score (nSPS) is 9.00. The molecule has 14 heavy (non-hydrogen) atoms. The molecule has 0 aliphatic carbocycles. The molecule has 1 aromatic heterocycles. The number of rotatable bonds is 1. The molecule has 0 radical (unpaired) electrons. The minimum atomic E-state index is -0.713. The summed E-state index contributed by atoms with van der Waals surface area (Å²) in [5.74, 6) is 3.92. The molecule has 0 atom stereocenters. The first-order chi connectivity index (χ1) is 6.63. The van der Waals surface area contributed by atoms with Gasteiger partial charge in [-0.1, -0.05) is 29.3 Å². The Morgan fingerprint density at radius 3 is 2.93 bits per heavy atom. The molecule has 0 aliphatic heterocycles. The number of aromatic nitrogens is 2. The van der Waals surface area contributed by atoms with E-state index in [2.05, 4.69) is 21.8 Å². The van der Waals surface area contributed by atoms with Crippen molar-refractivity contribution >= 4 is 29.3 Å². The molecule has 4 nitrogen and oxygen atoms in total. The first-order valence-corrected chi connectivity index (χ1v) is 5.11. The Balaban J connectivity index is 3.02. The van der Waals surface area contributed by atoms with Crippen molar-refractivity contribution in [3.05, 3.63) is 16.9 Å². The first kappa shape index (κ1) is 10.8. The van der Waals surface area contributed by atoms with Gasteiger partial charge in [0, 0.05) is 12.1 Å². The second-order valence-electron chi connectivity index (χ2n) is 2.18. The van der Waals surface area contributed by atoms with Crippen molar-refractivity contribution in [1.29, 1.82) is 0 Å². The van der Waals surface area contributed by atoms with E-state index < -0.39 is 5.91 Å². The number of carbonyl (C=O) groups is 1. The smallest absolute Gasteiger partial charge is 0.293 e. The number of hydrogen-bond acceptors (Lipinski definition) is 4. The maximum Gasteiger partial charge on any atom is 0.293 e. The zero-order chi connectivity index (χ0) is 10.6.